The summed E-state index contributed by atoms with van der Waals surface area (Å²) in [6.45, 7) is 17.8. The molecule has 0 spiro atoms. The smallest absolute Gasteiger partial charge is 1.00 e. The van der Waals surface area contributed by atoms with E-state index in [1.165, 1.54) is 57.8 Å². The Labute approximate surface area is 145 Å². The van der Waals surface area contributed by atoms with Crippen LogP contribution in [0.1, 0.15) is 99.2 Å². The van der Waals surface area contributed by atoms with Gasteiger partial charge in [-0.3, -0.25) is 0 Å². The third-order valence-corrected chi connectivity index (χ3v) is 2.56. The molecule has 0 nitrogen and oxygen atoms in total. The van der Waals surface area contributed by atoms with E-state index < -0.39 is 0 Å². The molecule has 0 amide bonds. The molecule has 0 aromatic heterocycles. The standard InChI is InChI=1S/3C6H13.Hf.H/c3*1-3-5-6-4-2;;/h3*1,3-6H2,2H3;;/q3*-1;+4;-1. The molecule has 0 aromatic rings. The molecule has 0 N–H and O–H groups in total. The van der Waals surface area contributed by atoms with Crippen LogP contribution in [0.25, 0.3) is 0 Å². The van der Waals surface area contributed by atoms with Gasteiger partial charge in [0.15, 0.2) is 0 Å². The fourth-order valence-electron chi connectivity index (χ4n) is 1.28. The van der Waals surface area contributed by atoms with E-state index in [1.807, 2.05) is 0 Å². The van der Waals surface area contributed by atoms with E-state index in [9.17, 15) is 0 Å². The van der Waals surface area contributed by atoms with E-state index in [0.29, 0.717) is 0 Å². The molecular weight excluding hydrogens is 395 g/mol. The van der Waals surface area contributed by atoms with Gasteiger partial charge in [-0.2, -0.15) is 19.3 Å². The van der Waals surface area contributed by atoms with Crippen LogP contribution in [-0.4, -0.2) is 0 Å². The molecule has 0 fully saturated rings. The normalized spacial score (nSPS) is 8.53. The van der Waals surface area contributed by atoms with Crippen LogP contribution in [0.15, 0.2) is 0 Å². The minimum absolute atomic E-state index is 0. The maximum Gasteiger partial charge on any atom is 4.00 e. The number of hydrogen-bond acceptors (Lipinski definition) is 0. The monoisotopic (exact) mass is 436 g/mol. The largest absolute Gasteiger partial charge is 4.00 e. The van der Waals surface area contributed by atoms with Crippen molar-refractivity contribution in [3.8, 4) is 0 Å². The van der Waals surface area contributed by atoms with Crippen LogP contribution < -0.4 is 0 Å². The van der Waals surface area contributed by atoms with E-state index >= 15 is 0 Å². The first-order chi connectivity index (χ1) is 8.74. The average Bonchev–Trinajstić information content (AvgIpc) is 2.42. The first kappa shape index (κ1) is 28.1. The third kappa shape index (κ3) is 55.1. The molecule has 0 aliphatic rings. The van der Waals surface area contributed by atoms with Gasteiger partial charge in [0.25, 0.3) is 0 Å². The van der Waals surface area contributed by atoms with Gasteiger partial charge in [0.1, 0.15) is 0 Å². The molecule has 0 aliphatic heterocycles. The molecule has 0 rings (SSSR count). The summed E-state index contributed by atoms with van der Waals surface area (Å²) in [5.41, 5.74) is 0. The Hall–Kier alpha value is 0.870. The summed E-state index contributed by atoms with van der Waals surface area (Å²) in [6, 6.07) is 0. The zero-order valence-electron chi connectivity index (χ0n) is 15.1. The minimum Gasteiger partial charge on any atom is -1.00 e. The number of unbranched alkanes of at least 4 members (excludes halogenated alkanes) is 9. The van der Waals surface area contributed by atoms with Crippen LogP contribution in [0.4, 0.5) is 0 Å². The topological polar surface area (TPSA) is 0 Å². The molecule has 0 saturated heterocycles. The quantitative estimate of drug-likeness (QED) is 0.203. The molecule has 0 bridgehead atoms. The van der Waals surface area contributed by atoms with Crippen molar-refractivity contribution >= 4 is 0 Å². The van der Waals surface area contributed by atoms with Crippen LogP contribution >= 0.6 is 0 Å². The summed E-state index contributed by atoms with van der Waals surface area (Å²) < 4.78 is 0. The second-order valence-electron chi connectivity index (χ2n) is 4.68. The zero-order valence-corrected chi connectivity index (χ0v) is 17.7. The summed E-state index contributed by atoms with van der Waals surface area (Å²) in [6.07, 6.45) is 15.2. The summed E-state index contributed by atoms with van der Waals surface area (Å²) in [4.78, 5) is 0. The van der Waals surface area contributed by atoms with Crippen molar-refractivity contribution in [2.45, 2.75) is 97.8 Å². The molecular formula is C18H40Hf. The van der Waals surface area contributed by atoms with Gasteiger partial charge in [-0.15, -0.1) is 0 Å². The summed E-state index contributed by atoms with van der Waals surface area (Å²) >= 11 is 0. The van der Waals surface area contributed by atoms with Gasteiger partial charge in [0.2, 0.25) is 0 Å². The summed E-state index contributed by atoms with van der Waals surface area (Å²) in [7, 11) is 0. The van der Waals surface area contributed by atoms with Crippen molar-refractivity contribution in [3.63, 3.8) is 0 Å². The Morgan fingerprint density at radius 2 is 0.737 bits per heavy atom. The van der Waals surface area contributed by atoms with Crippen LogP contribution in [0.5, 0.6) is 0 Å². The average molecular weight is 435 g/mol. The van der Waals surface area contributed by atoms with Gasteiger partial charge in [-0.25, -0.2) is 0 Å². The third-order valence-electron chi connectivity index (χ3n) is 2.56. The summed E-state index contributed by atoms with van der Waals surface area (Å²) in [5.74, 6) is 0. The van der Waals surface area contributed by atoms with Crippen LogP contribution in [0.3, 0.4) is 0 Å². The van der Waals surface area contributed by atoms with Crippen LogP contribution in [-0.2, 0) is 25.8 Å². The van der Waals surface area contributed by atoms with Gasteiger partial charge in [-0.05, 0) is 0 Å². The molecule has 0 unspecified atom stereocenters. The van der Waals surface area contributed by atoms with E-state index in [1.54, 1.807) is 0 Å². The molecule has 0 heterocycles. The first-order valence-corrected chi connectivity index (χ1v) is 8.12. The van der Waals surface area contributed by atoms with Crippen molar-refractivity contribution in [2.75, 3.05) is 0 Å². The Bertz CT molecular complexity index is 66.4. The number of hydrogen-bond donors (Lipinski definition) is 0. The van der Waals surface area contributed by atoms with Crippen LogP contribution in [0.2, 0.25) is 0 Å². The van der Waals surface area contributed by atoms with Gasteiger partial charge in [-0.1, -0.05) is 78.6 Å². The second kappa shape index (κ2) is 36.4. The van der Waals surface area contributed by atoms with E-state index in [-0.39, 0.29) is 27.3 Å². The van der Waals surface area contributed by atoms with E-state index in [0.717, 1.165) is 19.3 Å². The van der Waals surface area contributed by atoms with Crippen molar-refractivity contribution in [1.82, 2.24) is 0 Å². The Kier molecular flexibility index (Phi) is 53.8. The first-order valence-electron chi connectivity index (χ1n) is 8.12. The van der Waals surface area contributed by atoms with Gasteiger partial charge in [0.05, 0.1) is 0 Å². The van der Waals surface area contributed by atoms with Crippen molar-refractivity contribution in [2.24, 2.45) is 0 Å². The SMILES string of the molecule is [CH2-]CCCCC.[CH2-]CCCCC.[CH2-]CCCCC.[H-].[Hf+4]. The van der Waals surface area contributed by atoms with Crippen molar-refractivity contribution in [1.29, 1.82) is 0 Å². The molecule has 19 heavy (non-hydrogen) atoms. The molecule has 116 valence electrons. The predicted octanol–water partition coefficient (Wildman–Crippen LogP) is 7.31. The molecule has 0 aromatic carbocycles. The Morgan fingerprint density at radius 1 is 0.526 bits per heavy atom. The molecule has 0 aliphatic carbocycles. The molecule has 0 atom stereocenters. The van der Waals surface area contributed by atoms with E-state index in [4.69, 9.17) is 0 Å². The summed E-state index contributed by atoms with van der Waals surface area (Å²) in [5, 5.41) is 0. The maximum absolute atomic E-state index is 3.72. The second-order valence-corrected chi connectivity index (χ2v) is 4.68. The Balaban J connectivity index is -0.0000000536. The molecule has 0 radical (unpaired) electrons. The number of rotatable bonds is 9. The molecule has 1 heteroatoms. The zero-order chi connectivity index (χ0) is 14.5. The maximum atomic E-state index is 3.72. The van der Waals surface area contributed by atoms with Crippen LogP contribution in [0, 0.1) is 20.8 Å². The predicted molar refractivity (Wildman–Crippen MR) is 89.6 cm³/mol. The fourth-order valence-corrected chi connectivity index (χ4v) is 1.28. The molecule has 0 saturated carbocycles. The fraction of sp³-hybridized carbons (Fsp3) is 0.833. The Morgan fingerprint density at radius 3 is 0.789 bits per heavy atom. The van der Waals surface area contributed by atoms with Gasteiger partial charge < -0.3 is 22.2 Å². The van der Waals surface area contributed by atoms with Crippen molar-refractivity contribution in [3.05, 3.63) is 20.8 Å². The van der Waals surface area contributed by atoms with Crippen molar-refractivity contribution < 1.29 is 27.3 Å². The van der Waals surface area contributed by atoms with Gasteiger partial charge in [0, 0.05) is 0 Å². The van der Waals surface area contributed by atoms with E-state index in [2.05, 4.69) is 41.5 Å². The minimum atomic E-state index is 0. The van der Waals surface area contributed by atoms with Gasteiger partial charge >= 0.3 is 25.8 Å².